The van der Waals surface area contributed by atoms with Crippen molar-refractivity contribution < 1.29 is 9.47 Å². The molecule has 1 aromatic carbocycles. The first-order valence-corrected chi connectivity index (χ1v) is 9.84. The van der Waals surface area contributed by atoms with Crippen molar-refractivity contribution >= 4 is 29.9 Å². The minimum Gasteiger partial charge on any atom is -0.491 e. The fourth-order valence-corrected chi connectivity index (χ4v) is 2.80. The van der Waals surface area contributed by atoms with Gasteiger partial charge in [-0.05, 0) is 43.9 Å². The molecule has 1 heterocycles. The maximum atomic E-state index is 5.90. The summed E-state index contributed by atoms with van der Waals surface area (Å²) in [7, 11) is 3.72. The van der Waals surface area contributed by atoms with Gasteiger partial charge in [0.2, 0.25) is 0 Å². The van der Waals surface area contributed by atoms with Crippen LogP contribution in [0.3, 0.4) is 0 Å². The van der Waals surface area contributed by atoms with Crippen LogP contribution in [0.4, 0.5) is 0 Å². The summed E-state index contributed by atoms with van der Waals surface area (Å²) in [4.78, 5) is 4.30. The largest absolute Gasteiger partial charge is 0.491 e. The number of nitrogens with one attached hydrogen (secondary N) is 2. The Hall–Kier alpha value is -1.81. The van der Waals surface area contributed by atoms with Crippen LogP contribution >= 0.6 is 24.0 Å². The Bertz CT molecular complexity index is 748. The zero-order valence-corrected chi connectivity index (χ0v) is 20.2. The first-order valence-electron chi connectivity index (χ1n) is 9.84. The highest BCUT2D eigenvalue weighted by molar-refractivity contribution is 14.0. The summed E-state index contributed by atoms with van der Waals surface area (Å²) in [6, 6.07) is 6.25. The van der Waals surface area contributed by atoms with Crippen molar-refractivity contribution in [3.8, 4) is 5.75 Å². The van der Waals surface area contributed by atoms with E-state index >= 15 is 0 Å². The molecule has 0 aliphatic heterocycles. The summed E-state index contributed by atoms with van der Waals surface area (Å²) in [6.45, 7) is 7.39. The Morgan fingerprint density at radius 3 is 2.76 bits per heavy atom. The number of rotatable bonds is 11. The van der Waals surface area contributed by atoms with Crippen LogP contribution in [-0.2, 0) is 24.8 Å². The number of hydrogen-bond donors (Lipinski definition) is 2. The molecule has 7 nitrogen and oxygen atoms in total. The van der Waals surface area contributed by atoms with E-state index in [0.717, 1.165) is 36.7 Å². The zero-order chi connectivity index (χ0) is 20.2. The highest BCUT2D eigenvalue weighted by Crippen LogP contribution is 2.20. The molecular formula is C21H34IN5O2. The summed E-state index contributed by atoms with van der Waals surface area (Å²) in [5, 5.41) is 10.9. The molecular weight excluding hydrogens is 481 g/mol. The SMILES string of the molecule is CCOCCOc1cc(C)ccc1CNC(=NC)NCCCc1cnn(C)c1.I. The lowest BCUT2D eigenvalue weighted by molar-refractivity contribution is 0.110. The lowest BCUT2D eigenvalue weighted by atomic mass is 10.1. The highest BCUT2D eigenvalue weighted by Gasteiger charge is 2.06. The van der Waals surface area contributed by atoms with E-state index < -0.39 is 0 Å². The number of aliphatic imine (C=N–C) groups is 1. The molecule has 0 atom stereocenters. The first kappa shape index (κ1) is 25.2. The van der Waals surface area contributed by atoms with E-state index in [1.54, 1.807) is 7.05 Å². The molecule has 0 saturated carbocycles. The van der Waals surface area contributed by atoms with Crippen molar-refractivity contribution in [2.24, 2.45) is 12.0 Å². The van der Waals surface area contributed by atoms with Crippen LogP contribution in [0, 0.1) is 6.92 Å². The third kappa shape index (κ3) is 9.49. The van der Waals surface area contributed by atoms with Gasteiger partial charge in [-0.2, -0.15) is 5.10 Å². The molecule has 0 spiro atoms. The smallest absolute Gasteiger partial charge is 0.191 e. The lowest BCUT2D eigenvalue weighted by Crippen LogP contribution is -2.37. The fraction of sp³-hybridized carbons (Fsp3) is 0.524. The number of aromatic nitrogens is 2. The Balaban J connectivity index is 0.00000420. The van der Waals surface area contributed by atoms with Crippen LogP contribution in [0.1, 0.15) is 30.0 Å². The van der Waals surface area contributed by atoms with Crippen molar-refractivity contribution in [1.82, 2.24) is 20.4 Å². The summed E-state index contributed by atoms with van der Waals surface area (Å²) < 4.78 is 13.1. The van der Waals surface area contributed by atoms with Crippen LogP contribution in [0.5, 0.6) is 5.75 Å². The minimum absolute atomic E-state index is 0. The molecule has 29 heavy (non-hydrogen) atoms. The average molecular weight is 515 g/mol. The Kier molecular flexibility index (Phi) is 12.4. The molecule has 2 N–H and O–H groups in total. The number of benzene rings is 1. The topological polar surface area (TPSA) is 72.7 Å². The maximum absolute atomic E-state index is 5.90. The van der Waals surface area contributed by atoms with Gasteiger partial charge in [-0.25, -0.2) is 0 Å². The van der Waals surface area contributed by atoms with E-state index in [1.165, 1.54) is 11.1 Å². The van der Waals surface area contributed by atoms with Crippen molar-refractivity contribution in [1.29, 1.82) is 0 Å². The van der Waals surface area contributed by atoms with Crippen LogP contribution in [-0.4, -0.2) is 49.2 Å². The number of aryl methyl sites for hydroxylation is 3. The Morgan fingerprint density at radius 1 is 1.24 bits per heavy atom. The molecule has 8 heteroatoms. The number of guanidine groups is 1. The van der Waals surface area contributed by atoms with E-state index in [4.69, 9.17) is 9.47 Å². The van der Waals surface area contributed by atoms with Crippen molar-refractivity contribution in [2.75, 3.05) is 33.4 Å². The van der Waals surface area contributed by atoms with Crippen LogP contribution in [0.25, 0.3) is 0 Å². The van der Waals surface area contributed by atoms with Gasteiger partial charge in [0.1, 0.15) is 12.4 Å². The molecule has 0 aliphatic rings. The summed E-state index contributed by atoms with van der Waals surface area (Å²) >= 11 is 0. The van der Waals surface area contributed by atoms with Gasteiger partial charge in [0.15, 0.2) is 5.96 Å². The Morgan fingerprint density at radius 2 is 2.07 bits per heavy atom. The molecule has 2 rings (SSSR count). The second kappa shape index (κ2) is 14.2. The molecule has 0 unspecified atom stereocenters. The van der Waals surface area contributed by atoms with E-state index in [2.05, 4.69) is 52.0 Å². The van der Waals surface area contributed by atoms with E-state index in [1.807, 2.05) is 24.9 Å². The predicted molar refractivity (Wildman–Crippen MR) is 128 cm³/mol. The summed E-state index contributed by atoms with van der Waals surface area (Å²) in [5.41, 5.74) is 3.52. The molecule has 0 fully saturated rings. The standard InChI is InChI=1S/C21H33N5O2.HI/c1-5-27-11-12-28-20-13-17(2)8-9-19(20)15-24-21(22-3)23-10-6-7-18-14-25-26(4)16-18;/h8-9,13-14,16H,5-7,10-12,15H2,1-4H3,(H2,22,23,24);1H. The van der Waals surface area contributed by atoms with Gasteiger partial charge in [0.05, 0.1) is 12.8 Å². The molecule has 2 aromatic rings. The predicted octanol–water partition coefficient (Wildman–Crippen LogP) is 3.06. The van der Waals surface area contributed by atoms with Gasteiger partial charge < -0.3 is 20.1 Å². The molecule has 0 amide bonds. The van der Waals surface area contributed by atoms with Gasteiger partial charge >= 0.3 is 0 Å². The third-order valence-electron chi connectivity index (χ3n) is 4.27. The second-order valence-corrected chi connectivity index (χ2v) is 6.63. The van der Waals surface area contributed by atoms with Gasteiger partial charge in [0.25, 0.3) is 0 Å². The molecule has 0 bridgehead atoms. The number of hydrogen-bond acceptors (Lipinski definition) is 4. The molecule has 0 aliphatic carbocycles. The molecule has 1 aromatic heterocycles. The quantitative estimate of drug-likeness (QED) is 0.208. The van der Waals surface area contributed by atoms with Crippen LogP contribution in [0.2, 0.25) is 0 Å². The monoisotopic (exact) mass is 515 g/mol. The summed E-state index contributed by atoms with van der Waals surface area (Å²) in [6.07, 6.45) is 5.98. The number of ether oxygens (including phenoxy) is 2. The second-order valence-electron chi connectivity index (χ2n) is 6.63. The minimum atomic E-state index is 0. The molecule has 0 saturated heterocycles. The van der Waals surface area contributed by atoms with E-state index in [-0.39, 0.29) is 24.0 Å². The van der Waals surface area contributed by atoms with Crippen LogP contribution < -0.4 is 15.4 Å². The number of halogens is 1. The first-order chi connectivity index (χ1) is 13.6. The summed E-state index contributed by atoms with van der Waals surface area (Å²) in [5.74, 6) is 1.67. The van der Waals surface area contributed by atoms with Gasteiger partial charge in [-0.15, -0.1) is 24.0 Å². The Labute approximate surface area is 191 Å². The van der Waals surface area contributed by atoms with Gasteiger partial charge in [-0.3, -0.25) is 9.67 Å². The van der Waals surface area contributed by atoms with E-state index in [9.17, 15) is 0 Å². The van der Waals surface area contributed by atoms with E-state index in [0.29, 0.717) is 26.4 Å². The van der Waals surface area contributed by atoms with Crippen molar-refractivity contribution in [2.45, 2.75) is 33.2 Å². The lowest BCUT2D eigenvalue weighted by Gasteiger charge is -2.15. The van der Waals surface area contributed by atoms with Crippen molar-refractivity contribution in [3.05, 3.63) is 47.3 Å². The zero-order valence-electron chi connectivity index (χ0n) is 17.9. The highest BCUT2D eigenvalue weighted by atomic mass is 127. The molecule has 0 radical (unpaired) electrons. The maximum Gasteiger partial charge on any atom is 0.191 e. The number of nitrogens with zero attached hydrogens (tertiary/aromatic N) is 3. The molecule has 162 valence electrons. The third-order valence-corrected chi connectivity index (χ3v) is 4.27. The average Bonchev–Trinajstić information content (AvgIpc) is 3.11. The normalized spacial score (nSPS) is 11.1. The van der Waals surface area contributed by atoms with Gasteiger partial charge in [0, 0.05) is 45.6 Å². The van der Waals surface area contributed by atoms with Crippen molar-refractivity contribution in [3.63, 3.8) is 0 Å². The van der Waals surface area contributed by atoms with Crippen LogP contribution in [0.15, 0.2) is 35.6 Å². The van der Waals surface area contributed by atoms with Gasteiger partial charge in [-0.1, -0.05) is 12.1 Å². The fourth-order valence-electron chi connectivity index (χ4n) is 2.80.